The van der Waals surface area contributed by atoms with E-state index in [9.17, 15) is 18.0 Å². The highest BCUT2D eigenvalue weighted by atomic mass is 32.2. The Balaban J connectivity index is 1.84. The molecule has 7 nitrogen and oxygen atoms in total. The number of sulfonamides is 1. The van der Waals surface area contributed by atoms with E-state index in [-0.39, 0.29) is 29.8 Å². The number of carbonyl (C=O) groups is 2. The molecule has 0 heterocycles. The van der Waals surface area contributed by atoms with Crippen LogP contribution >= 0.6 is 0 Å². The maximum absolute atomic E-state index is 14.7. The van der Waals surface area contributed by atoms with Crippen LogP contribution in [0.25, 0.3) is 0 Å². The second-order valence-electron chi connectivity index (χ2n) is 12.1. The molecular weight excluding hydrogens is 595 g/mol. The van der Waals surface area contributed by atoms with Crippen molar-refractivity contribution in [2.24, 2.45) is 0 Å². The van der Waals surface area contributed by atoms with E-state index in [2.05, 4.69) is 5.32 Å². The molecule has 0 saturated carbocycles. The maximum atomic E-state index is 14.7. The van der Waals surface area contributed by atoms with E-state index in [0.29, 0.717) is 5.69 Å². The molecular formula is C38H45N3O4S. The summed E-state index contributed by atoms with van der Waals surface area (Å²) in [6.07, 6.45) is 1.000. The summed E-state index contributed by atoms with van der Waals surface area (Å²) in [5.41, 5.74) is 5.81. The van der Waals surface area contributed by atoms with E-state index in [1.807, 2.05) is 102 Å². The monoisotopic (exact) mass is 639 g/mol. The molecule has 2 amide bonds. The molecule has 0 fully saturated rings. The lowest BCUT2D eigenvalue weighted by Gasteiger charge is -2.34. The summed E-state index contributed by atoms with van der Waals surface area (Å²) >= 11 is 0. The Morgan fingerprint density at radius 2 is 1.39 bits per heavy atom. The number of benzene rings is 4. The molecule has 4 rings (SSSR count). The zero-order valence-corrected chi connectivity index (χ0v) is 28.5. The van der Waals surface area contributed by atoms with Crippen molar-refractivity contribution in [1.82, 2.24) is 10.2 Å². The minimum absolute atomic E-state index is 0.0888. The first-order chi connectivity index (χ1) is 21.9. The van der Waals surface area contributed by atoms with Crippen LogP contribution in [0, 0.1) is 27.7 Å². The predicted octanol–water partition coefficient (Wildman–Crippen LogP) is 6.67. The zero-order chi connectivity index (χ0) is 33.4. The second kappa shape index (κ2) is 15.2. The van der Waals surface area contributed by atoms with Crippen molar-refractivity contribution in [3.63, 3.8) is 0 Å². The molecule has 4 aromatic rings. The van der Waals surface area contributed by atoms with Crippen LogP contribution in [0.1, 0.15) is 53.6 Å². The highest BCUT2D eigenvalue weighted by molar-refractivity contribution is 7.92. The van der Waals surface area contributed by atoms with Crippen LogP contribution in [0.4, 0.5) is 5.69 Å². The molecule has 0 radical (unpaired) electrons. The number of hydrogen-bond acceptors (Lipinski definition) is 4. The Kier molecular flexibility index (Phi) is 11.4. The van der Waals surface area contributed by atoms with Gasteiger partial charge in [-0.2, -0.15) is 0 Å². The molecule has 0 bridgehead atoms. The van der Waals surface area contributed by atoms with Crippen molar-refractivity contribution in [3.8, 4) is 0 Å². The van der Waals surface area contributed by atoms with E-state index < -0.39 is 28.5 Å². The van der Waals surface area contributed by atoms with Gasteiger partial charge in [0, 0.05) is 19.0 Å². The van der Waals surface area contributed by atoms with Crippen LogP contribution in [0.15, 0.2) is 102 Å². The zero-order valence-electron chi connectivity index (χ0n) is 27.7. The van der Waals surface area contributed by atoms with Crippen LogP contribution < -0.4 is 9.62 Å². The van der Waals surface area contributed by atoms with E-state index in [0.717, 1.165) is 39.8 Å². The lowest BCUT2D eigenvalue weighted by atomic mass is 10.0. The Hall–Kier alpha value is -4.43. The second-order valence-corrected chi connectivity index (χ2v) is 14.0. The van der Waals surface area contributed by atoms with Crippen LogP contribution in [-0.4, -0.2) is 43.8 Å². The van der Waals surface area contributed by atoms with Crippen LogP contribution in [0.2, 0.25) is 0 Å². The minimum atomic E-state index is -4.16. The molecule has 2 atom stereocenters. The van der Waals surface area contributed by atoms with Gasteiger partial charge in [0.05, 0.1) is 10.6 Å². The van der Waals surface area contributed by atoms with Crippen molar-refractivity contribution < 1.29 is 18.0 Å². The van der Waals surface area contributed by atoms with Crippen molar-refractivity contribution in [3.05, 3.63) is 130 Å². The van der Waals surface area contributed by atoms with Gasteiger partial charge >= 0.3 is 0 Å². The third-order valence-corrected chi connectivity index (χ3v) is 10.0. The fraction of sp³-hybridized carbons (Fsp3) is 0.316. The maximum Gasteiger partial charge on any atom is 0.264 e. The number of rotatable bonds is 13. The van der Waals surface area contributed by atoms with Gasteiger partial charge in [0.15, 0.2) is 0 Å². The fourth-order valence-electron chi connectivity index (χ4n) is 5.43. The van der Waals surface area contributed by atoms with Crippen LogP contribution in [-0.2, 0) is 32.6 Å². The summed E-state index contributed by atoms with van der Waals surface area (Å²) in [5.74, 6) is -0.752. The SMILES string of the molecule is CC[C@H](C)NC(=O)[C@H](Cc1ccccc1)N(Cc1ccccc1C)C(=O)CN(c1cc(C)cc(C)c1)S(=O)(=O)c1ccc(C)cc1. The smallest absolute Gasteiger partial charge is 0.264 e. The molecule has 0 aromatic heterocycles. The van der Waals surface area contributed by atoms with E-state index in [1.165, 1.54) is 4.31 Å². The Bertz CT molecular complexity index is 1730. The minimum Gasteiger partial charge on any atom is -0.352 e. The summed E-state index contributed by atoms with van der Waals surface area (Å²) < 4.78 is 29.8. The summed E-state index contributed by atoms with van der Waals surface area (Å²) in [7, 11) is -4.16. The van der Waals surface area contributed by atoms with Gasteiger partial charge in [-0.05, 0) is 93.1 Å². The molecule has 8 heteroatoms. The van der Waals surface area contributed by atoms with E-state index in [1.54, 1.807) is 41.3 Å². The quantitative estimate of drug-likeness (QED) is 0.177. The van der Waals surface area contributed by atoms with Crippen LogP contribution in [0.5, 0.6) is 0 Å². The molecule has 0 unspecified atom stereocenters. The number of nitrogens with zero attached hydrogens (tertiary/aromatic N) is 2. The van der Waals surface area contributed by atoms with E-state index in [4.69, 9.17) is 0 Å². The molecule has 0 aliphatic heterocycles. The highest BCUT2D eigenvalue weighted by Gasteiger charge is 2.35. The van der Waals surface area contributed by atoms with Gasteiger partial charge in [0.1, 0.15) is 12.6 Å². The van der Waals surface area contributed by atoms with Gasteiger partial charge in [0.2, 0.25) is 11.8 Å². The van der Waals surface area contributed by atoms with E-state index >= 15 is 0 Å². The fourth-order valence-corrected chi connectivity index (χ4v) is 6.82. The van der Waals surface area contributed by atoms with Gasteiger partial charge in [-0.25, -0.2) is 8.42 Å². The van der Waals surface area contributed by atoms with Gasteiger partial charge in [-0.15, -0.1) is 0 Å². The van der Waals surface area contributed by atoms with Crippen molar-refractivity contribution >= 4 is 27.5 Å². The molecule has 0 spiro atoms. The standard InChI is InChI=1S/C38H45N3O4S/c1-7-31(6)39-38(43)36(24-32-14-9-8-10-15-32)40(25-33-16-12-11-13-30(33)5)37(42)26-41(34-22-28(3)21-29(4)23-34)46(44,45)35-19-17-27(2)18-20-35/h8-23,31,36H,7,24-26H2,1-6H3,(H,39,43)/t31-,36-/m0/s1. The summed E-state index contributed by atoms with van der Waals surface area (Å²) in [4.78, 5) is 30.3. The highest BCUT2D eigenvalue weighted by Crippen LogP contribution is 2.27. The number of aryl methyl sites for hydroxylation is 4. The topological polar surface area (TPSA) is 86.8 Å². The number of amides is 2. The van der Waals surface area contributed by atoms with Gasteiger partial charge < -0.3 is 10.2 Å². The number of carbonyl (C=O) groups excluding carboxylic acids is 2. The summed E-state index contributed by atoms with van der Waals surface area (Å²) in [5, 5.41) is 3.08. The molecule has 0 saturated heterocycles. The third kappa shape index (κ3) is 8.63. The summed E-state index contributed by atoms with van der Waals surface area (Å²) in [6, 6.07) is 28.5. The molecule has 0 aliphatic rings. The average Bonchev–Trinajstić information content (AvgIpc) is 3.02. The molecule has 0 aliphatic carbocycles. The van der Waals surface area contributed by atoms with Gasteiger partial charge in [0.25, 0.3) is 10.0 Å². The molecule has 242 valence electrons. The first-order valence-corrected chi connectivity index (χ1v) is 17.2. The Morgan fingerprint density at radius 1 is 0.783 bits per heavy atom. The normalized spacial score (nSPS) is 12.7. The Morgan fingerprint density at radius 3 is 2.00 bits per heavy atom. The molecule has 4 aromatic carbocycles. The lowest BCUT2D eigenvalue weighted by molar-refractivity contribution is -0.140. The molecule has 46 heavy (non-hydrogen) atoms. The lowest BCUT2D eigenvalue weighted by Crippen LogP contribution is -2.54. The van der Waals surface area contributed by atoms with Crippen molar-refractivity contribution in [2.45, 2.75) is 77.9 Å². The van der Waals surface area contributed by atoms with Gasteiger partial charge in [-0.1, -0.05) is 85.3 Å². The average molecular weight is 640 g/mol. The third-order valence-electron chi connectivity index (χ3n) is 8.26. The Labute approximate surface area is 274 Å². The largest absolute Gasteiger partial charge is 0.352 e. The first-order valence-electron chi connectivity index (χ1n) is 15.7. The molecule has 1 N–H and O–H groups in total. The number of anilines is 1. The van der Waals surface area contributed by atoms with Gasteiger partial charge in [-0.3, -0.25) is 13.9 Å². The van der Waals surface area contributed by atoms with Crippen molar-refractivity contribution in [1.29, 1.82) is 0 Å². The summed E-state index contributed by atoms with van der Waals surface area (Å²) in [6.45, 7) is 11.2. The number of hydrogen-bond donors (Lipinski definition) is 1. The number of nitrogens with one attached hydrogen (secondary N) is 1. The van der Waals surface area contributed by atoms with Crippen molar-refractivity contribution in [2.75, 3.05) is 10.8 Å². The first kappa shape index (κ1) is 34.4. The van der Waals surface area contributed by atoms with Crippen LogP contribution in [0.3, 0.4) is 0 Å². The predicted molar refractivity (Wildman–Crippen MR) is 185 cm³/mol.